The maximum absolute atomic E-state index is 12.6. The van der Waals surface area contributed by atoms with Crippen molar-refractivity contribution in [3.05, 3.63) is 53.6 Å². The molecule has 7 nitrogen and oxygen atoms in total. The van der Waals surface area contributed by atoms with E-state index >= 15 is 0 Å². The number of fused-ring (bicyclic) bond motifs is 1. The molecule has 3 N–H and O–H groups in total. The van der Waals surface area contributed by atoms with Crippen LogP contribution in [0.3, 0.4) is 0 Å². The third-order valence-electron chi connectivity index (χ3n) is 6.98. The lowest BCUT2D eigenvalue weighted by atomic mass is 9.86. The van der Waals surface area contributed by atoms with Gasteiger partial charge in [0.1, 0.15) is 5.82 Å². The molecule has 7 heteroatoms. The third kappa shape index (κ3) is 6.02. The van der Waals surface area contributed by atoms with E-state index in [1.165, 1.54) is 11.1 Å². The monoisotopic (exact) mass is 474 g/mol. The van der Waals surface area contributed by atoms with Gasteiger partial charge in [0.05, 0.1) is 5.52 Å². The number of aromatic nitrogens is 2. The number of anilines is 3. The van der Waals surface area contributed by atoms with E-state index in [1.807, 2.05) is 37.2 Å². The number of urea groups is 1. The molecule has 1 saturated carbocycles. The fourth-order valence-corrected chi connectivity index (χ4v) is 4.96. The Labute approximate surface area is 208 Å². The van der Waals surface area contributed by atoms with Gasteiger partial charge in [0.15, 0.2) is 0 Å². The zero-order chi connectivity index (χ0) is 24.8. The van der Waals surface area contributed by atoms with E-state index in [4.69, 9.17) is 9.97 Å². The zero-order valence-corrected chi connectivity index (χ0v) is 21.4. The molecule has 1 aliphatic carbocycles. The number of nitrogens with zero attached hydrogens (tertiary/aromatic N) is 3. The van der Waals surface area contributed by atoms with Gasteiger partial charge in [0.25, 0.3) is 0 Å². The molecule has 0 atom stereocenters. The first-order valence-corrected chi connectivity index (χ1v) is 12.8. The van der Waals surface area contributed by atoms with Gasteiger partial charge in [0, 0.05) is 37.8 Å². The SMILES string of the molecule is CCc1cccc(CC)c1NC(=O)NCC1CCC(Nc2nc(N(C)C)c3ccccc3n2)CC1. The first-order valence-electron chi connectivity index (χ1n) is 12.8. The molecule has 0 radical (unpaired) electrons. The summed E-state index contributed by atoms with van der Waals surface area (Å²) in [7, 11) is 4.02. The van der Waals surface area contributed by atoms with Crippen molar-refractivity contribution >= 4 is 34.4 Å². The molecule has 0 spiro atoms. The minimum atomic E-state index is -0.110. The van der Waals surface area contributed by atoms with Crippen LogP contribution in [-0.2, 0) is 12.8 Å². The smallest absolute Gasteiger partial charge is 0.319 e. The van der Waals surface area contributed by atoms with Crippen LogP contribution >= 0.6 is 0 Å². The second-order valence-electron chi connectivity index (χ2n) is 9.64. The number of para-hydroxylation sites is 2. The molecule has 1 heterocycles. The summed E-state index contributed by atoms with van der Waals surface area (Å²) in [5, 5.41) is 10.8. The van der Waals surface area contributed by atoms with Crippen molar-refractivity contribution in [3.8, 4) is 0 Å². The standard InChI is InChI=1S/C28H38N6O/c1-5-20-10-9-11-21(6-2)25(20)32-28(35)29-18-19-14-16-22(17-15-19)30-27-31-24-13-8-7-12-23(24)26(33-27)34(3)4/h7-13,19,22H,5-6,14-18H2,1-4H3,(H2,29,32,35)(H,30,31,33). The lowest BCUT2D eigenvalue weighted by Gasteiger charge is -2.29. The Morgan fingerprint density at radius 3 is 2.29 bits per heavy atom. The number of amides is 2. The molecular weight excluding hydrogens is 436 g/mol. The van der Waals surface area contributed by atoms with Crippen molar-refractivity contribution in [2.75, 3.05) is 36.2 Å². The summed E-state index contributed by atoms with van der Waals surface area (Å²) in [5.74, 6) is 2.10. The van der Waals surface area contributed by atoms with Crippen LogP contribution in [0.5, 0.6) is 0 Å². The van der Waals surface area contributed by atoms with Crippen LogP contribution < -0.4 is 20.9 Å². The van der Waals surface area contributed by atoms with Gasteiger partial charge >= 0.3 is 6.03 Å². The highest BCUT2D eigenvalue weighted by atomic mass is 16.2. The Kier molecular flexibility index (Phi) is 8.06. The van der Waals surface area contributed by atoms with E-state index in [2.05, 4.69) is 54.1 Å². The summed E-state index contributed by atoms with van der Waals surface area (Å²) in [4.78, 5) is 24.2. The van der Waals surface area contributed by atoms with Crippen LogP contribution in [0.1, 0.15) is 50.7 Å². The molecule has 1 aliphatic rings. The van der Waals surface area contributed by atoms with Gasteiger partial charge in [-0.05, 0) is 67.7 Å². The number of hydrogen-bond donors (Lipinski definition) is 3. The van der Waals surface area contributed by atoms with Crippen molar-refractivity contribution in [3.63, 3.8) is 0 Å². The van der Waals surface area contributed by atoms with E-state index < -0.39 is 0 Å². The van der Waals surface area contributed by atoms with Crippen molar-refractivity contribution < 1.29 is 4.79 Å². The molecule has 3 aromatic rings. The first kappa shape index (κ1) is 24.8. The number of aryl methyl sites for hydroxylation is 2. The van der Waals surface area contributed by atoms with Crippen molar-refractivity contribution in [2.45, 2.75) is 58.4 Å². The molecule has 0 saturated heterocycles. The fourth-order valence-electron chi connectivity index (χ4n) is 4.96. The minimum Gasteiger partial charge on any atom is -0.362 e. The number of nitrogens with one attached hydrogen (secondary N) is 3. The second-order valence-corrected chi connectivity index (χ2v) is 9.64. The molecular formula is C28H38N6O. The Bertz CT molecular complexity index is 1130. The number of hydrogen-bond acceptors (Lipinski definition) is 5. The average Bonchev–Trinajstić information content (AvgIpc) is 2.87. The van der Waals surface area contributed by atoms with Gasteiger partial charge in [-0.15, -0.1) is 0 Å². The highest BCUT2D eigenvalue weighted by Crippen LogP contribution is 2.28. The van der Waals surface area contributed by atoms with Crippen LogP contribution in [0.15, 0.2) is 42.5 Å². The van der Waals surface area contributed by atoms with Crippen molar-refractivity contribution in [2.24, 2.45) is 5.92 Å². The molecule has 2 amide bonds. The fraction of sp³-hybridized carbons (Fsp3) is 0.464. The van der Waals surface area contributed by atoms with Crippen molar-refractivity contribution in [1.82, 2.24) is 15.3 Å². The Balaban J connectivity index is 1.29. The molecule has 0 bridgehead atoms. The maximum Gasteiger partial charge on any atom is 0.319 e. The average molecular weight is 475 g/mol. The predicted octanol–water partition coefficient (Wildman–Crippen LogP) is 5.61. The molecule has 0 aliphatic heterocycles. The summed E-state index contributed by atoms with van der Waals surface area (Å²) in [6, 6.07) is 14.6. The highest BCUT2D eigenvalue weighted by molar-refractivity contribution is 5.91. The Morgan fingerprint density at radius 1 is 0.943 bits per heavy atom. The van der Waals surface area contributed by atoms with Crippen LogP contribution in [0.2, 0.25) is 0 Å². The van der Waals surface area contributed by atoms with Gasteiger partial charge in [-0.2, -0.15) is 4.98 Å². The predicted molar refractivity (Wildman–Crippen MR) is 145 cm³/mol. The van der Waals surface area contributed by atoms with E-state index in [0.717, 1.165) is 60.9 Å². The largest absolute Gasteiger partial charge is 0.362 e. The van der Waals surface area contributed by atoms with Gasteiger partial charge in [-0.3, -0.25) is 0 Å². The van der Waals surface area contributed by atoms with Crippen LogP contribution in [0.25, 0.3) is 10.9 Å². The van der Waals surface area contributed by atoms with Gasteiger partial charge in [0.2, 0.25) is 5.95 Å². The van der Waals surface area contributed by atoms with Crippen LogP contribution in [-0.4, -0.2) is 42.7 Å². The molecule has 1 aromatic heterocycles. The molecule has 0 unspecified atom stereocenters. The van der Waals surface area contributed by atoms with Crippen LogP contribution in [0.4, 0.5) is 22.2 Å². The molecule has 4 rings (SSSR count). The molecule has 2 aromatic carbocycles. The van der Waals surface area contributed by atoms with Gasteiger partial charge in [-0.25, -0.2) is 9.78 Å². The van der Waals surface area contributed by atoms with Crippen molar-refractivity contribution in [1.29, 1.82) is 0 Å². The summed E-state index contributed by atoms with van der Waals surface area (Å²) in [6.45, 7) is 4.94. The summed E-state index contributed by atoms with van der Waals surface area (Å²) in [5.41, 5.74) is 4.28. The topological polar surface area (TPSA) is 82.2 Å². The molecule has 186 valence electrons. The first-order chi connectivity index (χ1) is 17.0. The van der Waals surface area contributed by atoms with E-state index in [1.54, 1.807) is 0 Å². The Morgan fingerprint density at radius 2 is 1.63 bits per heavy atom. The second kappa shape index (κ2) is 11.4. The quantitative estimate of drug-likeness (QED) is 0.395. The Hall–Kier alpha value is -3.35. The normalized spacial score (nSPS) is 17.7. The minimum absolute atomic E-state index is 0.110. The van der Waals surface area contributed by atoms with Gasteiger partial charge in [-0.1, -0.05) is 44.2 Å². The lowest BCUT2D eigenvalue weighted by molar-refractivity contribution is 0.246. The van der Waals surface area contributed by atoms with E-state index in [9.17, 15) is 4.79 Å². The number of carbonyl (C=O) groups is 1. The summed E-state index contributed by atoms with van der Waals surface area (Å²) >= 11 is 0. The van der Waals surface area contributed by atoms with E-state index in [-0.39, 0.29) is 6.03 Å². The van der Waals surface area contributed by atoms with Gasteiger partial charge < -0.3 is 20.9 Å². The molecule has 1 fully saturated rings. The highest BCUT2D eigenvalue weighted by Gasteiger charge is 2.23. The lowest BCUT2D eigenvalue weighted by Crippen LogP contribution is -2.36. The van der Waals surface area contributed by atoms with E-state index in [0.29, 0.717) is 24.5 Å². The zero-order valence-electron chi connectivity index (χ0n) is 21.4. The maximum atomic E-state index is 12.6. The third-order valence-corrected chi connectivity index (χ3v) is 6.98. The van der Waals surface area contributed by atoms with Crippen LogP contribution in [0, 0.1) is 5.92 Å². The summed E-state index contributed by atoms with van der Waals surface area (Å²) < 4.78 is 0. The summed E-state index contributed by atoms with van der Waals surface area (Å²) in [6.07, 6.45) is 6.02. The number of carbonyl (C=O) groups excluding carboxylic acids is 1. The molecule has 35 heavy (non-hydrogen) atoms. The number of rotatable bonds is 8. The number of benzene rings is 2.